The molecule has 0 saturated carbocycles. The number of aliphatic imine (C=N–C) groups is 2. The van der Waals surface area contributed by atoms with Crippen LogP contribution in [-0.4, -0.2) is 34.6 Å². The topological polar surface area (TPSA) is 99.8 Å². The third kappa shape index (κ3) is 8.11. The van der Waals surface area contributed by atoms with E-state index >= 15 is 0 Å². The van der Waals surface area contributed by atoms with Crippen LogP contribution < -0.4 is 11.2 Å². The Hall–Kier alpha value is -1.87. The van der Waals surface area contributed by atoms with Crippen LogP contribution in [0.4, 0.5) is 0 Å². The van der Waals surface area contributed by atoms with Gasteiger partial charge < -0.3 is 31.0 Å². The van der Waals surface area contributed by atoms with Gasteiger partial charge in [-0.25, -0.2) is 4.99 Å². The molecule has 0 saturated heterocycles. The maximum Gasteiger partial charge on any atom is 2.00 e. The number of hydrogen-bond donors (Lipinski definition) is 2. The van der Waals surface area contributed by atoms with Crippen LogP contribution in [0.25, 0.3) is 0 Å². The summed E-state index contributed by atoms with van der Waals surface area (Å²) in [5, 5.41) is 12.1. The third-order valence-electron chi connectivity index (χ3n) is 2.62. The first-order valence-corrected chi connectivity index (χ1v) is 7.39. The number of hydrogen-bond acceptors (Lipinski definition) is 6. The molecule has 1 radical (unpaired) electrons. The molecule has 1 aromatic carbocycles. The summed E-state index contributed by atoms with van der Waals surface area (Å²) in [4.78, 5) is 7.78. The summed E-state index contributed by atoms with van der Waals surface area (Å²) in [6.45, 7) is 3.49. The van der Waals surface area contributed by atoms with Crippen molar-refractivity contribution in [3.05, 3.63) is 35.9 Å². The molecule has 0 aliphatic rings. The van der Waals surface area contributed by atoms with E-state index in [0.29, 0.717) is 11.4 Å². The summed E-state index contributed by atoms with van der Waals surface area (Å²) in [6.07, 6.45) is 0. The molecule has 0 bridgehead atoms. The molecule has 1 aromatic rings. The van der Waals surface area contributed by atoms with Crippen LogP contribution in [0.1, 0.15) is 19.4 Å². The Labute approximate surface area is 163 Å². The van der Waals surface area contributed by atoms with Crippen LogP contribution in [-0.2, 0) is 42.3 Å². The van der Waals surface area contributed by atoms with Gasteiger partial charge in [0.1, 0.15) is 5.84 Å². The molecule has 1 rings (SSSR count). The Kier molecular flexibility index (Phi) is 10.7. The molecule has 0 aliphatic carbocycles. The molecule has 7 nitrogen and oxygen atoms in total. The van der Waals surface area contributed by atoms with Crippen LogP contribution in [0, 0.1) is 0 Å². The van der Waals surface area contributed by atoms with Crippen molar-refractivity contribution < 1.29 is 17.1 Å². The van der Waals surface area contributed by atoms with Gasteiger partial charge >= 0.3 is 17.1 Å². The summed E-state index contributed by atoms with van der Waals surface area (Å²) in [5.74, 6) is 0.286. The van der Waals surface area contributed by atoms with Crippen LogP contribution >= 0.6 is 0 Å². The zero-order chi connectivity index (χ0) is 17.2. The van der Waals surface area contributed by atoms with Crippen molar-refractivity contribution in [2.45, 2.75) is 13.8 Å². The summed E-state index contributed by atoms with van der Waals surface area (Å²) in [6, 6.07) is 9.28. The summed E-state index contributed by atoms with van der Waals surface area (Å²) >= 11 is 9.89. The zero-order valence-electron chi connectivity index (χ0n) is 13.3. The Morgan fingerprint density at radius 1 is 1.04 bits per heavy atom. The van der Waals surface area contributed by atoms with Crippen LogP contribution in [0.5, 0.6) is 0 Å². The van der Waals surface area contributed by atoms with Gasteiger partial charge in [0.25, 0.3) is 0 Å². The van der Waals surface area contributed by atoms with E-state index in [2.05, 4.69) is 30.7 Å². The first-order valence-electron chi connectivity index (χ1n) is 6.57. The maximum atomic E-state index is 5.85. The fourth-order valence-corrected chi connectivity index (χ4v) is 1.44. The average molecular weight is 411 g/mol. The van der Waals surface area contributed by atoms with Crippen molar-refractivity contribution in [3.8, 4) is 0 Å². The molecular formula is C14H17CuN7S2. The number of benzene rings is 1. The minimum Gasteiger partial charge on any atom is -0.741 e. The van der Waals surface area contributed by atoms with Crippen LogP contribution in [0.15, 0.2) is 55.6 Å². The number of rotatable bonds is 4. The van der Waals surface area contributed by atoms with E-state index in [1.165, 1.54) is 0 Å². The van der Waals surface area contributed by atoms with E-state index in [4.69, 9.17) is 31.0 Å². The molecule has 0 heterocycles. The minimum absolute atomic E-state index is 0. The van der Waals surface area contributed by atoms with Gasteiger partial charge in [-0.15, -0.1) is 0 Å². The van der Waals surface area contributed by atoms with Crippen molar-refractivity contribution in [3.63, 3.8) is 0 Å². The van der Waals surface area contributed by atoms with Gasteiger partial charge in [0, 0.05) is 17.8 Å². The smallest absolute Gasteiger partial charge is 0.741 e. The molecule has 0 atom stereocenters. The molecule has 0 aromatic heterocycles. The fourth-order valence-electron chi connectivity index (χ4n) is 1.25. The fraction of sp³-hybridized carbons (Fsp3) is 0.214. The second-order valence-electron chi connectivity index (χ2n) is 4.27. The quantitative estimate of drug-likeness (QED) is 0.256. The predicted molar refractivity (Wildman–Crippen MR) is 102 cm³/mol. The Balaban J connectivity index is 0.00000529. The van der Waals surface area contributed by atoms with Gasteiger partial charge in [-0.1, -0.05) is 30.3 Å². The molecule has 3 N–H and O–H groups in total. The van der Waals surface area contributed by atoms with Gasteiger partial charge in [0.15, 0.2) is 0 Å². The van der Waals surface area contributed by atoms with Crippen molar-refractivity contribution >= 4 is 52.9 Å². The molecule has 10 heteroatoms. The largest absolute Gasteiger partial charge is 2.00 e. The predicted octanol–water partition coefficient (Wildman–Crippen LogP) is 1.17. The molecule has 131 valence electrons. The third-order valence-corrected chi connectivity index (χ3v) is 3.06. The Bertz CT molecular complexity index is 682. The van der Waals surface area contributed by atoms with E-state index < -0.39 is 0 Å². The van der Waals surface area contributed by atoms with Gasteiger partial charge in [-0.05, 0) is 19.0 Å². The van der Waals surface area contributed by atoms with Gasteiger partial charge in [-0.3, -0.25) is 10.4 Å². The molecule has 24 heavy (non-hydrogen) atoms. The first kappa shape index (κ1) is 22.1. The molecule has 0 aliphatic heterocycles. The second-order valence-corrected chi connectivity index (χ2v) is 5.02. The van der Waals surface area contributed by atoms with Gasteiger partial charge in [-0.2, -0.15) is 15.3 Å². The normalized spacial score (nSPS) is 14.2. The van der Waals surface area contributed by atoms with Crippen molar-refractivity contribution in [2.24, 2.45) is 31.0 Å². The molecule has 0 fully saturated rings. The van der Waals surface area contributed by atoms with E-state index in [9.17, 15) is 0 Å². The first-order chi connectivity index (χ1) is 10.9. The number of amidine groups is 3. The summed E-state index contributed by atoms with van der Waals surface area (Å²) in [5.41, 5.74) is 10.4. The Morgan fingerprint density at radius 2 is 1.67 bits per heavy atom. The number of nitrogens with one attached hydrogen (secondary N) is 1. The molecular weight excluding hydrogens is 394 g/mol. The molecule has 0 amide bonds. The Morgan fingerprint density at radius 3 is 2.25 bits per heavy atom. The molecule has 0 spiro atoms. The number of nitrogens with zero attached hydrogens (tertiary/aromatic N) is 5. The summed E-state index contributed by atoms with van der Waals surface area (Å²) < 4.78 is 0. The van der Waals surface area contributed by atoms with Gasteiger partial charge in [0.2, 0.25) is 0 Å². The number of nitrogens with two attached hydrogens (primary N) is 1. The van der Waals surface area contributed by atoms with E-state index in [1.807, 2.05) is 30.3 Å². The van der Waals surface area contributed by atoms with Crippen molar-refractivity contribution in [2.75, 3.05) is 7.05 Å². The second kappa shape index (κ2) is 11.6. The van der Waals surface area contributed by atoms with Crippen LogP contribution in [0.2, 0.25) is 0 Å². The molecule has 0 unspecified atom stereocenters. The van der Waals surface area contributed by atoms with Gasteiger partial charge in [0.05, 0.1) is 11.4 Å². The van der Waals surface area contributed by atoms with E-state index in [-0.39, 0.29) is 33.2 Å². The maximum absolute atomic E-state index is 5.85. The summed E-state index contributed by atoms with van der Waals surface area (Å²) in [7, 11) is 1.57. The van der Waals surface area contributed by atoms with Crippen molar-refractivity contribution in [1.29, 1.82) is 0 Å². The standard InChI is InChI=1S/C14H19N7S2.Cu/c1-9(18-20-13(22)16-3)10(2)19-21-14(23)17-12(15)11-7-5-4-6-8-11;/h4-8H,1-3H3,(H2,16,20,22)(H3,15,17,21,23);/q;+2/p-2/b18-9+,19-10+;. The van der Waals surface area contributed by atoms with E-state index in [0.717, 1.165) is 5.56 Å². The minimum atomic E-state index is 0. The number of hydrazone groups is 1. The van der Waals surface area contributed by atoms with E-state index in [1.54, 1.807) is 20.9 Å². The average Bonchev–Trinajstić information content (AvgIpc) is 2.57. The van der Waals surface area contributed by atoms with Crippen molar-refractivity contribution in [1.82, 2.24) is 5.43 Å². The van der Waals surface area contributed by atoms with Crippen LogP contribution in [0.3, 0.4) is 0 Å². The zero-order valence-corrected chi connectivity index (χ0v) is 15.9. The SMILES string of the molecule is CN=C([S-])N/N=C(C)/C(C)=N/N=C([S-])/N=C(\N)c1ccccc1.[Cu+2]. The monoisotopic (exact) mass is 410 g/mol.